The molecule has 2 heterocycles. The molecule has 3 N–H and O–H groups in total. The minimum atomic E-state index is -3.49. The number of allylic oxidation sites excluding steroid dienone is 2. The Kier molecular flexibility index (Phi) is 3.58. The summed E-state index contributed by atoms with van der Waals surface area (Å²) in [7, 11) is -3.49. The molecule has 0 aromatic rings. The molecule has 114 valence electrons. The maximum absolute atomic E-state index is 12.4. The van der Waals surface area contributed by atoms with Gasteiger partial charge in [-0.2, -0.15) is 0 Å². The average Bonchev–Trinajstić information content (AvgIpc) is 3.27. The first kappa shape index (κ1) is 14.3. The van der Waals surface area contributed by atoms with Gasteiger partial charge in [0.2, 0.25) is 0 Å². The molecule has 0 aromatic carbocycles. The minimum Gasteiger partial charge on any atom is -0.348 e. The van der Waals surface area contributed by atoms with E-state index in [0.29, 0.717) is 19.0 Å². The van der Waals surface area contributed by atoms with E-state index >= 15 is 0 Å². The second kappa shape index (κ2) is 5.27. The Morgan fingerprint density at radius 2 is 2.29 bits per heavy atom. The summed E-state index contributed by atoms with van der Waals surface area (Å²) in [4.78, 5) is 14.1. The van der Waals surface area contributed by atoms with E-state index in [4.69, 9.17) is 5.73 Å². The van der Waals surface area contributed by atoms with Crippen LogP contribution in [-0.4, -0.2) is 49.9 Å². The molecule has 1 atom stereocenters. The normalized spacial score (nSPS) is 24.7. The van der Waals surface area contributed by atoms with Crippen molar-refractivity contribution in [2.45, 2.75) is 18.9 Å². The fraction of sp³-hybridized carbons (Fsp3) is 0.538. The number of hydrogen-bond acceptors (Lipinski definition) is 5. The van der Waals surface area contributed by atoms with Crippen molar-refractivity contribution in [3.63, 3.8) is 0 Å². The van der Waals surface area contributed by atoms with Gasteiger partial charge in [-0.05, 0) is 30.9 Å². The van der Waals surface area contributed by atoms with Crippen LogP contribution >= 0.6 is 0 Å². The summed E-state index contributed by atoms with van der Waals surface area (Å²) < 4.78 is 27.0. The number of nitrogens with two attached hydrogens (primary N) is 1. The van der Waals surface area contributed by atoms with Gasteiger partial charge in [0, 0.05) is 25.3 Å². The largest absolute Gasteiger partial charge is 0.348 e. The number of amidine groups is 1. The lowest BCUT2D eigenvalue weighted by Crippen LogP contribution is -2.47. The van der Waals surface area contributed by atoms with Crippen molar-refractivity contribution in [3.05, 3.63) is 23.9 Å². The zero-order chi connectivity index (χ0) is 15.0. The van der Waals surface area contributed by atoms with Crippen LogP contribution in [0.4, 0.5) is 0 Å². The molecule has 0 bridgehead atoms. The first-order valence-corrected chi connectivity index (χ1v) is 8.60. The van der Waals surface area contributed by atoms with Crippen LogP contribution in [0, 0.1) is 5.92 Å². The molecule has 1 amide bonds. The number of sulfonamides is 1. The maximum atomic E-state index is 12.4. The number of nitrogens with zero attached hydrogens (tertiary/aromatic N) is 2. The first-order valence-electron chi connectivity index (χ1n) is 6.99. The predicted octanol–water partition coefficient (Wildman–Crippen LogP) is -0.662. The first-order chi connectivity index (χ1) is 10.00. The maximum Gasteiger partial charge on any atom is 0.256 e. The second-order valence-electron chi connectivity index (χ2n) is 5.47. The number of rotatable bonds is 4. The number of carbonyl (C=O) groups is 1. The summed E-state index contributed by atoms with van der Waals surface area (Å²) >= 11 is 0. The standard InChI is InChI=1S/C13H18N4O3S/c14-8-11(9-3-4-9)15-13(18)10-2-1-5-17-6-7-21(19,20)16-12(10)17/h1-2,5,9,11H,3-4,6-8,14H2,(H,15,18). The van der Waals surface area contributed by atoms with Crippen LogP contribution in [0.25, 0.3) is 0 Å². The highest BCUT2D eigenvalue weighted by Gasteiger charge is 2.34. The third-order valence-electron chi connectivity index (χ3n) is 3.86. The van der Waals surface area contributed by atoms with Gasteiger partial charge in [-0.3, -0.25) is 4.79 Å². The molecule has 2 aliphatic heterocycles. The van der Waals surface area contributed by atoms with Gasteiger partial charge in [-0.1, -0.05) is 0 Å². The zero-order valence-corrected chi connectivity index (χ0v) is 12.3. The smallest absolute Gasteiger partial charge is 0.256 e. The van der Waals surface area contributed by atoms with Crippen LogP contribution < -0.4 is 11.1 Å². The highest BCUT2D eigenvalue weighted by molar-refractivity contribution is 7.90. The lowest BCUT2D eigenvalue weighted by atomic mass is 10.1. The van der Waals surface area contributed by atoms with E-state index in [-0.39, 0.29) is 29.1 Å². The van der Waals surface area contributed by atoms with Crippen LogP contribution in [-0.2, 0) is 14.8 Å². The number of carbonyl (C=O) groups excluding carboxylic acids is 1. The zero-order valence-electron chi connectivity index (χ0n) is 11.5. The van der Waals surface area contributed by atoms with Crippen molar-refractivity contribution in [3.8, 4) is 0 Å². The Morgan fingerprint density at radius 3 is 2.95 bits per heavy atom. The topological polar surface area (TPSA) is 105 Å². The number of amides is 1. The Balaban J connectivity index is 1.82. The second-order valence-corrected chi connectivity index (χ2v) is 7.22. The Labute approximate surface area is 123 Å². The van der Waals surface area contributed by atoms with Crippen molar-refractivity contribution in [1.82, 2.24) is 10.2 Å². The fourth-order valence-electron chi connectivity index (χ4n) is 2.51. The molecular weight excluding hydrogens is 292 g/mol. The monoisotopic (exact) mass is 310 g/mol. The van der Waals surface area contributed by atoms with Crippen LogP contribution in [0.2, 0.25) is 0 Å². The van der Waals surface area contributed by atoms with Crippen LogP contribution in [0.5, 0.6) is 0 Å². The van der Waals surface area contributed by atoms with E-state index in [0.717, 1.165) is 12.8 Å². The average molecular weight is 310 g/mol. The van der Waals surface area contributed by atoms with E-state index in [1.54, 1.807) is 23.3 Å². The van der Waals surface area contributed by atoms with Gasteiger partial charge < -0.3 is 16.0 Å². The molecule has 7 nitrogen and oxygen atoms in total. The van der Waals surface area contributed by atoms with Gasteiger partial charge in [0.25, 0.3) is 15.9 Å². The quantitative estimate of drug-likeness (QED) is 0.717. The molecule has 1 aliphatic carbocycles. The third-order valence-corrected chi connectivity index (χ3v) is 5.01. The van der Waals surface area contributed by atoms with E-state index in [2.05, 4.69) is 9.71 Å². The van der Waals surface area contributed by atoms with Gasteiger partial charge in [0.1, 0.15) is 0 Å². The SMILES string of the molecule is NCC(NC(=O)C1=CC=CN2CCS(=O)(=O)N=C12)C1CC1. The lowest BCUT2D eigenvalue weighted by molar-refractivity contribution is -0.117. The van der Waals surface area contributed by atoms with Crippen LogP contribution in [0.15, 0.2) is 28.3 Å². The number of fused-ring (bicyclic) bond motifs is 1. The number of hydrogen-bond donors (Lipinski definition) is 2. The van der Waals surface area contributed by atoms with E-state index in [1.807, 2.05) is 0 Å². The molecule has 0 radical (unpaired) electrons. The van der Waals surface area contributed by atoms with Crippen molar-refractivity contribution < 1.29 is 13.2 Å². The summed E-state index contributed by atoms with van der Waals surface area (Å²) in [6, 6.07) is -0.0569. The van der Waals surface area contributed by atoms with Crippen molar-refractivity contribution in [2.24, 2.45) is 16.0 Å². The molecule has 3 aliphatic rings. The Hall–Kier alpha value is -1.67. The highest BCUT2D eigenvalue weighted by atomic mass is 32.2. The predicted molar refractivity (Wildman–Crippen MR) is 78.9 cm³/mol. The van der Waals surface area contributed by atoms with Gasteiger partial charge >= 0.3 is 0 Å². The van der Waals surface area contributed by atoms with Gasteiger partial charge in [0.05, 0.1) is 11.3 Å². The Morgan fingerprint density at radius 1 is 1.52 bits per heavy atom. The molecular formula is C13H18N4O3S. The van der Waals surface area contributed by atoms with Gasteiger partial charge in [0.15, 0.2) is 5.84 Å². The molecule has 1 saturated carbocycles. The summed E-state index contributed by atoms with van der Waals surface area (Å²) in [6.45, 7) is 0.694. The molecule has 0 saturated heterocycles. The van der Waals surface area contributed by atoms with Crippen molar-refractivity contribution in [2.75, 3.05) is 18.8 Å². The number of nitrogens with one attached hydrogen (secondary N) is 1. The van der Waals surface area contributed by atoms with E-state index in [1.165, 1.54) is 0 Å². The molecule has 0 aromatic heterocycles. The molecule has 0 spiro atoms. The third kappa shape index (κ3) is 3.01. The summed E-state index contributed by atoms with van der Waals surface area (Å²) in [5, 5.41) is 2.89. The molecule has 1 unspecified atom stereocenters. The fourth-order valence-corrected chi connectivity index (χ4v) is 3.49. The molecule has 3 rings (SSSR count). The minimum absolute atomic E-state index is 0.0385. The molecule has 1 fully saturated rings. The Bertz CT molecular complexity index is 646. The van der Waals surface area contributed by atoms with Crippen molar-refractivity contribution >= 4 is 21.8 Å². The molecule has 21 heavy (non-hydrogen) atoms. The van der Waals surface area contributed by atoms with E-state index in [9.17, 15) is 13.2 Å². The highest BCUT2D eigenvalue weighted by Crippen LogP contribution is 2.32. The van der Waals surface area contributed by atoms with Gasteiger partial charge in [-0.15, -0.1) is 4.40 Å². The summed E-state index contributed by atoms with van der Waals surface area (Å²) in [6.07, 6.45) is 7.18. The summed E-state index contributed by atoms with van der Waals surface area (Å²) in [5.41, 5.74) is 5.96. The van der Waals surface area contributed by atoms with Crippen LogP contribution in [0.3, 0.4) is 0 Å². The summed E-state index contributed by atoms with van der Waals surface area (Å²) in [5.74, 6) is 0.283. The van der Waals surface area contributed by atoms with Gasteiger partial charge in [-0.25, -0.2) is 8.42 Å². The van der Waals surface area contributed by atoms with Crippen molar-refractivity contribution in [1.29, 1.82) is 0 Å². The van der Waals surface area contributed by atoms with E-state index < -0.39 is 10.0 Å². The van der Waals surface area contributed by atoms with Crippen LogP contribution in [0.1, 0.15) is 12.8 Å². The lowest BCUT2D eigenvalue weighted by Gasteiger charge is -2.29. The molecule has 8 heteroatoms.